The summed E-state index contributed by atoms with van der Waals surface area (Å²) in [5, 5.41) is 3.28. The van der Waals surface area contributed by atoms with E-state index >= 15 is 0 Å². The van der Waals surface area contributed by atoms with Gasteiger partial charge in [0.1, 0.15) is 11.4 Å². The number of likely N-dealkylation sites (tertiary alicyclic amines) is 1. The van der Waals surface area contributed by atoms with Gasteiger partial charge in [-0.05, 0) is 52.4 Å². The largest absolute Gasteiger partial charge is 0.444 e. The molecule has 0 saturated carbocycles. The molecule has 5 nitrogen and oxygen atoms in total. The maximum Gasteiger partial charge on any atom is 0.410 e. The zero-order chi connectivity index (χ0) is 17.0. The topological polar surface area (TPSA) is 58.6 Å². The molecule has 2 aliphatic heterocycles. The summed E-state index contributed by atoms with van der Waals surface area (Å²) in [5.41, 5.74) is 0.723. The first-order valence-corrected chi connectivity index (χ1v) is 8.65. The van der Waals surface area contributed by atoms with Crippen LogP contribution in [0.15, 0.2) is 12.2 Å². The number of nitrogens with one attached hydrogen (secondary N) is 1. The molecule has 1 amide bonds. The molecule has 0 spiro atoms. The molecule has 2 saturated heterocycles. The van der Waals surface area contributed by atoms with Crippen LogP contribution in [0.1, 0.15) is 52.9 Å². The van der Waals surface area contributed by atoms with Crippen molar-refractivity contribution in [3.05, 3.63) is 12.2 Å². The summed E-state index contributed by atoms with van der Waals surface area (Å²) in [7, 11) is 0. The van der Waals surface area contributed by atoms with Crippen LogP contribution in [-0.2, 0) is 9.53 Å². The summed E-state index contributed by atoms with van der Waals surface area (Å²) in [6.07, 6.45) is 3.95. The molecule has 0 unspecified atom stereocenters. The Hall–Kier alpha value is -1.36. The molecule has 0 aromatic heterocycles. The van der Waals surface area contributed by atoms with Crippen LogP contribution in [0, 0.1) is 5.92 Å². The lowest BCUT2D eigenvalue weighted by Crippen LogP contribution is -2.44. The molecule has 1 N–H and O–H groups in total. The summed E-state index contributed by atoms with van der Waals surface area (Å²) in [5.74, 6) is 0.696. The van der Waals surface area contributed by atoms with Crippen LogP contribution in [0.4, 0.5) is 4.79 Å². The van der Waals surface area contributed by atoms with Gasteiger partial charge in [-0.25, -0.2) is 4.79 Å². The van der Waals surface area contributed by atoms with Crippen LogP contribution < -0.4 is 5.32 Å². The number of amides is 1. The van der Waals surface area contributed by atoms with E-state index < -0.39 is 5.60 Å². The van der Waals surface area contributed by atoms with Gasteiger partial charge in [-0.15, -0.1) is 0 Å². The van der Waals surface area contributed by atoms with Gasteiger partial charge < -0.3 is 15.0 Å². The number of hydrogen-bond donors (Lipinski definition) is 1. The lowest BCUT2D eigenvalue weighted by atomic mass is 9.87. The minimum absolute atomic E-state index is 0.00983. The monoisotopic (exact) mass is 322 g/mol. The van der Waals surface area contributed by atoms with Crippen molar-refractivity contribution in [2.45, 2.75) is 64.5 Å². The lowest BCUT2D eigenvalue weighted by molar-refractivity contribution is -0.122. The number of carbonyl (C=O) groups is 2. The summed E-state index contributed by atoms with van der Waals surface area (Å²) >= 11 is 0. The molecule has 0 aliphatic carbocycles. The first-order valence-electron chi connectivity index (χ1n) is 8.65. The third-order valence-corrected chi connectivity index (χ3v) is 4.53. The minimum atomic E-state index is -0.458. The van der Waals surface area contributed by atoms with Gasteiger partial charge in [-0.2, -0.15) is 0 Å². The van der Waals surface area contributed by atoms with Crippen molar-refractivity contribution < 1.29 is 14.3 Å². The Bertz CT molecular complexity index is 449. The quantitative estimate of drug-likeness (QED) is 0.812. The maximum atomic E-state index is 12.4. The van der Waals surface area contributed by atoms with Crippen molar-refractivity contribution in [3.63, 3.8) is 0 Å². The SMILES string of the molecule is C=C1CC[C@@H](C(=O)CC2CCN(C(=O)OC(C)(C)C)CC2)NC1. The van der Waals surface area contributed by atoms with Crippen molar-refractivity contribution in [3.8, 4) is 0 Å². The Morgan fingerprint density at radius 1 is 1.26 bits per heavy atom. The highest BCUT2D eigenvalue weighted by Gasteiger charge is 2.30. The molecule has 5 heteroatoms. The van der Waals surface area contributed by atoms with Gasteiger partial charge in [0.05, 0.1) is 6.04 Å². The van der Waals surface area contributed by atoms with Gasteiger partial charge in [-0.3, -0.25) is 4.79 Å². The lowest BCUT2D eigenvalue weighted by Gasteiger charge is -2.34. The molecule has 2 heterocycles. The van der Waals surface area contributed by atoms with Gasteiger partial charge in [0.2, 0.25) is 0 Å². The van der Waals surface area contributed by atoms with Crippen molar-refractivity contribution in [2.24, 2.45) is 5.92 Å². The third-order valence-electron chi connectivity index (χ3n) is 4.53. The summed E-state index contributed by atoms with van der Waals surface area (Å²) in [4.78, 5) is 26.2. The van der Waals surface area contributed by atoms with E-state index in [4.69, 9.17) is 4.74 Å². The van der Waals surface area contributed by atoms with Crippen molar-refractivity contribution >= 4 is 11.9 Å². The molecular formula is C18H30N2O3. The average molecular weight is 322 g/mol. The van der Waals surface area contributed by atoms with E-state index in [0.29, 0.717) is 31.2 Å². The van der Waals surface area contributed by atoms with E-state index in [9.17, 15) is 9.59 Å². The highest BCUT2D eigenvalue weighted by Crippen LogP contribution is 2.24. The first kappa shape index (κ1) is 18.0. The molecule has 0 bridgehead atoms. The molecular weight excluding hydrogens is 292 g/mol. The van der Waals surface area contributed by atoms with E-state index in [2.05, 4.69) is 11.9 Å². The van der Waals surface area contributed by atoms with Crippen LogP contribution in [0.5, 0.6) is 0 Å². The molecule has 2 aliphatic rings. The number of rotatable bonds is 3. The number of Topliss-reactive ketones (excluding diaryl/α,β-unsaturated/α-hetero) is 1. The molecule has 130 valence electrons. The second-order valence-electron chi connectivity index (χ2n) is 7.80. The van der Waals surface area contributed by atoms with Crippen molar-refractivity contribution in [2.75, 3.05) is 19.6 Å². The highest BCUT2D eigenvalue weighted by molar-refractivity contribution is 5.84. The van der Waals surface area contributed by atoms with Gasteiger partial charge >= 0.3 is 6.09 Å². The predicted octanol–water partition coefficient (Wildman–Crippen LogP) is 2.90. The van der Waals surface area contributed by atoms with Gasteiger partial charge in [-0.1, -0.05) is 12.2 Å². The fourth-order valence-corrected chi connectivity index (χ4v) is 3.15. The second-order valence-corrected chi connectivity index (χ2v) is 7.80. The Morgan fingerprint density at radius 2 is 1.91 bits per heavy atom. The van der Waals surface area contributed by atoms with E-state index in [1.165, 1.54) is 5.57 Å². The standard InChI is InChI=1S/C18H30N2O3/c1-13-5-6-15(19-12-13)16(21)11-14-7-9-20(10-8-14)17(22)23-18(2,3)4/h14-15,19H,1,5-12H2,2-4H3/t15-/m0/s1. The van der Waals surface area contributed by atoms with Crippen molar-refractivity contribution in [1.82, 2.24) is 10.2 Å². The number of ether oxygens (including phenoxy) is 1. The normalized spacial score (nSPS) is 23.7. The first-order chi connectivity index (χ1) is 10.7. The molecule has 0 aromatic carbocycles. The smallest absolute Gasteiger partial charge is 0.410 e. The van der Waals surface area contributed by atoms with E-state index in [1.807, 2.05) is 20.8 Å². The van der Waals surface area contributed by atoms with E-state index in [1.54, 1.807) is 4.90 Å². The number of ketones is 1. The summed E-state index contributed by atoms with van der Waals surface area (Å²) in [6.45, 7) is 11.7. The van der Waals surface area contributed by atoms with Crippen LogP contribution >= 0.6 is 0 Å². The Morgan fingerprint density at radius 3 is 2.43 bits per heavy atom. The van der Waals surface area contributed by atoms with Crippen LogP contribution in [-0.4, -0.2) is 48.1 Å². The Labute approximate surface area is 139 Å². The van der Waals surface area contributed by atoms with Gasteiger partial charge in [0.15, 0.2) is 0 Å². The molecule has 2 fully saturated rings. The van der Waals surface area contributed by atoms with Gasteiger partial charge in [0, 0.05) is 26.1 Å². The molecule has 0 aromatic rings. The van der Waals surface area contributed by atoms with Crippen molar-refractivity contribution in [1.29, 1.82) is 0 Å². The number of nitrogens with zero attached hydrogens (tertiary/aromatic N) is 1. The number of piperidine rings is 2. The van der Waals surface area contributed by atoms with Crippen LogP contribution in [0.25, 0.3) is 0 Å². The fourth-order valence-electron chi connectivity index (χ4n) is 3.15. The Balaban J connectivity index is 1.73. The number of hydrogen-bond acceptors (Lipinski definition) is 4. The highest BCUT2D eigenvalue weighted by atomic mass is 16.6. The minimum Gasteiger partial charge on any atom is -0.444 e. The molecule has 2 rings (SSSR count). The zero-order valence-electron chi connectivity index (χ0n) is 14.7. The molecule has 1 atom stereocenters. The predicted molar refractivity (Wildman–Crippen MR) is 90.3 cm³/mol. The Kier molecular flexibility index (Phi) is 5.84. The van der Waals surface area contributed by atoms with Crippen LogP contribution in [0.3, 0.4) is 0 Å². The molecule has 0 radical (unpaired) electrons. The zero-order valence-corrected chi connectivity index (χ0v) is 14.7. The average Bonchev–Trinajstić information content (AvgIpc) is 2.46. The summed E-state index contributed by atoms with van der Waals surface area (Å²) in [6, 6.07) is -0.00983. The molecule has 23 heavy (non-hydrogen) atoms. The fraction of sp³-hybridized carbons (Fsp3) is 0.778. The van der Waals surface area contributed by atoms with E-state index in [-0.39, 0.29) is 12.1 Å². The third kappa shape index (κ3) is 5.65. The maximum absolute atomic E-state index is 12.4. The van der Waals surface area contributed by atoms with E-state index in [0.717, 1.165) is 32.2 Å². The second kappa shape index (κ2) is 7.47. The number of carbonyl (C=O) groups excluding carboxylic acids is 2. The van der Waals surface area contributed by atoms with Gasteiger partial charge in [0.25, 0.3) is 0 Å². The summed E-state index contributed by atoms with van der Waals surface area (Å²) < 4.78 is 5.40. The van der Waals surface area contributed by atoms with Crippen LogP contribution in [0.2, 0.25) is 0 Å².